The molecular weight excluding hydrogens is 190 g/mol. The van der Waals surface area contributed by atoms with Gasteiger partial charge in [0.2, 0.25) is 6.29 Å². The molecule has 1 aromatic rings. The molecule has 1 rings (SSSR count). The second-order valence-electron chi connectivity index (χ2n) is 2.37. The predicted octanol–water partition coefficient (Wildman–Crippen LogP) is 0.874. The van der Waals surface area contributed by atoms with Gasteiger partial charge in [-0.05, 0) is 0 Å². The lowest BCUT2D eigenvalue weighted by Crippen LogP contribution is -2.26. The number of Topliss-reactive ketones (excluding diaryl/α,β-unsaturated/α-hetero) is 1. The van der Waals surface area contributed by atoms with Gasteiger partial charge in [0.15, 0.2) is 5.78 Å². The maximum Gasteiger partial charge on any atom is 0.217 e. The van der Waals surface area contributed by atoms with Crippen LogP contribution in [0.3, 0.4) is 0 Å². The van der Waals surface area contributed by atoms with Crippen LogP contribution in [-0.2, 0) is 20.7 Å². The van der Waals surface area contributed by atoms with Crippen molar-refractivity contribution in [3.05, 3.63) is 16.6 Å². The zero-order valence-electron chi connectivity index (χ0n) is 7.52. The van der Waals surface area contributed by atoms with Crippen molar-refractivity contribution in [3.63, 3.8) is 0 Å². The summed E-state index contributed by atoms with van der Waals surface area (Å²) in [6, 6.07) is 0. The van der Waals surface area contributed by atoms with Crippen molar-refractivity contribution in [2.45, 2.75) is 12.7 Å². The van der Waals surface area contributed by atoms with E-state index in [9.17, 15) is 4.79 Å². The van der Waals surface area contributed by atoms with E-state index in [1.54, 1.807) is 6.20 Å². The zero-order valence-corrected chi connectivity index (χ0v) is 8.34. The van der Waals surface area contributed by atoms with Crippen LogP contribution in [0, 0.1) is 0 Å². The highest BCUT2D eigenvalue weighted by Gasteiger charge is 2.17. The molecule has 0 saturated heterocycles. The molecule has 0 N–H and O–H groups in total. The minimum atomic E-state index is -0.774. The molecule has 0 unspecified atom stereocenters. The van der Waals surface area contributed by atoms with Gasteiger partial charge in [-0.2, -0.15) is 0 Å². The number of ketones is 1. The lowest BCUT2D eigenvalue weighted by molar-refractivity contribution is -0.155. The SMILES string of the molecule is COC(OC)C(=O)Cc1nccs1. The van der Waals surface area contributed by atoms with Gasteiger partial charge in [0.1, 0.15) is 5.01 Å². The predicted molar refractivity (Wildman–Crippen MR) is 48.6 cm³/mol. The van der Waals surface area contributed by atoms with Crippen LogP contribution >= 0.6 is 11.3 Å². The van der Waals surface area contributed by atoms with Crippen LogP contribution in [-0.4, -0.2) is 31.3 Å². The van der Waals surface area contributed by atoms with Gasteiger partial charge >= 0.3 is 0 Å². The summed E-state index contributed by atoms with van der Waals surface area (Å²) in [6.45, 7) is 0. The summed E-state index contributed by atoms with van der Waals surface area (Å²) < 4.78 is 9.63. The number of carbonyl (C=O) groups excluding carboxylic acids is 1. The highest BCUT2D eigenvalue weighted by Crippen LogP contribution is 2.07. The highest BCUT2D eigenvalue weighted by atomic mass is 32.1. The van der Waals surface area contributed by atoms with Gasteiger partial charge in [0.25, 0.3) is 0 Å². The van der Waals surface area contributed by atoms with E-state index in [4.69, 9.17) is 9.47 Å². The molecule has 0 atom stereocenters. The number of thiazole rings is 1. The molecule has 0 bridgehead atoms. The number of aromatic nitrogens is 1. The molecule has 13 heavy (non-hydrogen) atoms. The molecule has 0 aliphatic carbocycles. The molecule has 4 nitrogen and oxygen atoms in total. The molecule has 1 heterocycles. The van der Waals surface area contributed by atoms with Gasteiger partial charge in [-0.15, -0.1) is 11.3 Å². The molecule has 0 fully saturated rings. The first kappa shape index (κ1) is 10.3. The van der Waals surface area contributed by atoms with Crippen LogP contribution in [0.5, 0.6) is 0 Å². The zero-order chi connectivity index (χ0) is 9.68. The van der Waals surface area contributed by atoms with Gasteiger partial charge in [-0.25, -0.2) is 4.98 Å². The molecule has 0 spiro atoms. The molecule has 0 radical (unpaired) electrons. The fourth-order valence-corrected chi connectivity index (χ4v) is 1.56. The first-order valence-electron chi connectivity index (χ1n) is 3.74. The molecule has 0 aliphatic heterocycles. The number of nitrogens with zero attached hydrogens (tertiary/aromatic N) is 1. The average molecular weight is 201 g/mol. The Labute approximate surface area is 80.5 Å². The van der Waals surface area contributed by atoms with Crippen molar-refractivity contribution in [2.24, 2.45) is 0 Å². The molecule has 0 saturated carbocycles. The average Bonchev–Trinajstić information content (AvgIpc) is 2.59. The van der Waals surface area contributed by atoms with E-state index in [2.05, 4.69) is 4.98 Å². The van der Waals surface area contributed by atoms with Crippen molar-refractivity contribution in [1.29, 1.82) is 0 Å². The standard InChI is InChI=1S/C8H11NO3S/c1-11-8(12-2)6(10)5-7-9-3-4-13-7/h3-4,8H,5H2,1-2H3. The third-order valence-electron chi connectivity index (χ3n) is 1.50. The van der Waals surface area contributed by atoms with E-state index >= 15 is 0 Å². The number of carbonyl (C=O) groups is 1. The Hall–Kier alpha value is -0.780. The second-order valence-corrected chi connectivity index (χ2v) is 3.35. The van der Waals surface area contributed by atoms with Gasteiger partial charge in [-0.3, -0.25) is 4.79 Å². The van der Waals surface area contributed by atoms with Crippen LogP contribution in [0.4, 0.5) is 0 Å². The fourth-order valence-electron chi connectivity index (χ4n) is 0.932. The first-order valence-corrected chi connectivity index (χ1v) is 4.62. The summed E-state index contributed by atoms with van der Waals surface area (Å²) in [5.41, 5.74) is 0. The largest absolute Gasteiger partial charge is 0.349 e. The Kier molecular flexibility index (Phi) is 4.01. The van der Waals surface area contributed by atoms with E-state index in [1.807, 2.05) is 5.38 Å². The first-order chi connectivity index (χ1) is 6.27. The Morgan fingerprint density at radius 1 is 1.62 bits per heavy atom. The van der Waals surface area contributed by atoms with Crippen LogP contribution in [0.15, 0.2) is 11.6 Å². The summed E-state index contributed by atoms with van der Waals surface area (Å²) in [5, 5.41) is 2.61. The summed E-state index contributed by atoms with van der Waals surface area (Å²) in [6.07, 6.45) is 1.16. The van der Waals surface area contributed by atoms with Crippen molar-refractivity contribution in [1.82, 2.24) is 4.98 Å². The maximum atomic E-state index is 11.4. The lowest BCUT2D eigenvalue weighted by atomic mass is 10.3. The van der Waals surface area contributed by atoms with Crippen LogP contribution in [0.25, 0.3) is 0 Å². The molecule has 72 valence electrons. The van der Waals surface area contributed by atoms with Crippen molar-refractivity contribution in [3.8, 4) is 0 Å². The van der Waals surface area contributed by atoms with Crippen LogP contribution < -0.4 is 0 Å². The van der Waals surface area contributed by atoms with Gasteiger partial charge in [-0.1, -0.05) is 0 Å². The smallest absolute Gasteiger partial charge is 0.217 e. The van der Waals surface area contributed by atoms with E-state index < -0.39 is 6.29 Å². The summed E-state index contributed by atoms with van der Waals surface area (Å²) >= 11 is 1.45. The van der Waals surface area contributed by atoms with Crippen molar-refractivity contribution < 1.29 is 14.3 Å². The van der Waals surface area contributed by atoms with E-state index in [1.165, 1.54) is 25.6 Å². The number of ether oxygens (including phenoxy) is 2. The molecule has 1 aromatic heterocycles. The summed E-state index contributed by atoms with van der Waals surface area (Å²) in [4.78, 5) is 15.4. The molecule has 0 aromatic carbocycles. The molecule has 0 amide bonds. The number of hydrogen-bond donors (Lipinski definition) is 0. The molecule has 5 heteroatoms. The molecular formula is C8H11NO3S. The van der Waals surface area contributed by atoms with Crippen molar-refractivity contribution >= 4 is 17.1 Å². The van der Waals surface area contributed by atoms with Gasteiger partial charge < -0.3 is 9.47 Å². The second kappa shape index (κ2) is 5.06. The minimum absolute atomic E-state index is 0.111. The monoisotopic (exact) mass is 201 g/mol. The Balaban J connectivity index is 2.49. The highest BCUT2D eigenvalue weighted by molar-refractivity contribution is 7.09. The number of hydrogen-bond acceptors (Lipinski definition) is 5. The number of rotatable bonds is 5. The topological polar surface area (TPSA) is 48.4 Å². The minimum Gasteiger partial charge on any atom is -0.349 e. The Morgan fingerprint density at radius 3 is 2.77 bits per heavy atom. The van der Waals surface area contributed by atoms with Gasteiger partial charge in [0.05, 0.1) is 6.42 Å². The third-order valence-corrected chi connectivity index (χ3v) is 2.28. The lowest BCUT2D eigenvalue weighted by Gasteiger charge is -2.10. The van der Waals surface area contributed by atoms with E-state index in [0.29, 0.717) is 0 Å². The van der Waals surface area contributed by atoms with Gasteiger partial charge in [0, 0.05) is 25.8 Å². The molecule has 0 aliphatic rings. The Bertz CT molecular complexity index is 256. The fraction of sp³-hybridized carbons (Fsp3) is 0.500. The maximum absolute atomic E-state index is 11.4. The van der Waals surface area contributed by atoms with E-state index in [-0.39, 0.29) is 12.2 Å². The normalized spacial score (nSPS) is 10.7. The van der Waals surface area contributed by atoms with Crippen LogP contribution in [0.2, 0.25) is 0 Å². The van der Waals surface area contributed by atoms with Crippen LogP contribution in [0.1, 0.15) is 5.01 Å². The summed E-state index contributed by atoms with van der Waals surface area (Å²) in [7, 11) is 2.88. The summed E-state index contributed by atoms with van der Waals surface area (Å²) in [5.74, 6) is -0.111. The quantitative estimate of drug-likeness (QED) is 0.663. The Morgan fingerprint density at radius 2 is 2.31 bits per heavy atom. The van der Waals surface area contributed by atoms with Crippen molar-refractivity contribution in [2.75, 3.05) is 14.2 Å². The third kappa shape index (κ3) is 2.87. The number of methoxy groups -OCH3 is 2. The van der Waals surface area contributed by atoms with E-state index in [0.717, 1.165) is 5.01 Å².